The molecule has 0 saturated heterocycles. The molecule has 0 aromatic rings. The van der Waals surface area contributed by atoms with Crippen LogP contribution < -0.4 is 0 Å². The van der Waals surface area contributed by atoms with Crippen molar-refractivity contribution < 1.29 is 4.74 Å². The molecule has 0 saturated carbocycles. The zero-order valence-electron chi connectivity index (χ0n) is 16.5. The summed E-state index contributed by atoms with van der Waals surface area (Å²) in [6.07, 6.45) is 25.3. The Morgan fingerprint density at radius 1 is 0.652 bits per heavy atom. The second-order valence-electron chi connectivity index (χ2n) is 6.92. The SMILES string of the molecule is CCCCCCCCC=CCCCCCCC(CC)OCCC. The van der Waals surface area contributed by atoms with Gasteiger partial charge in [0.05, 0.1) is 6.10 Å². The molecular weight excluding hydrogens is 280 g/mol. The van der Waals surface area contributed by atoms with Crippen LogP contribution in [0.25, 0.3) is 0 Å². The Bertz CT molecular complexity index is 234. The predicted molar refractivity (Wildman–Crippen MR) is 105 cm³/mol. The lowest BCUT2D eigenvalue weighted by Gasteiger charge is -2.15. The van der Waals surface area contributed by atoms with Crippen LogP contribution in [0.2, 0.25) is 0 Å². The number of unbranched alkanes of at least 4 members (excludes halogenated alkanes) is 10. The van der Waals surface area contributed by atoms with E-state index >= 15 is 0 Å². The average molecular weight is 325 g/mol. The quantitative estimate of drug-likeness (QED) is 0.184. The molecule has 0 radical (unpaired) electrons. The van der Waals surface area contributed by atoms with Crippen LogP contribution >= 0.6 is 0 Å². The number of hydrogen-bond acceptors (Lipinski definition) is 1. The molecule has 0 bridgehead atoms. The number of rotatable bonds is 18. The molecule has 138 valence electrons. The van der Waals surface area contributed by atoms with Crippen molar-refractivity contribution in [3.8, 4) is 0 Å². The van der Waals surface area contributed by atoms with Gasteiger partial charge in [-0.25, -0.2) is 0 Å². The van der Waals surface area contributed by atoms with Gasteiger partial charge in [0.1, 0.15) is 0 Å². The largest absolute Gasteiger partial charge is 0.378 e. The minimum atomic E-state index is 0.507. The van der Waals surface area contributed by atoms with Gasteiger partial charge in [0, 0.05) is 6.61 Å². The highest BCUT2D eigenvalue weighted by molar-refractivity contribution is 4.81. The van der Waals surface area contributed by atoms with Crippen LogP contribution in [0.1, 0.15) is 117 Å². The number of allylic oxidation sites excluding steroid dienone is 2. The number of ether oxygens (including phenoxy) is 1. The van der Waals surface area contributed by atoms with Gasteiger partial charge < -0.3 is 4.74 Å². The monoisotopic (exact) mass is 324 g/mol. The van der Waals surface area contributed by atoms with Crippen molar-refractivity contribution in [3.63, 3.8) is 0 Å². The molecule has 23 heavy (non-hydrogen) atoms. The Balaban J connectivity index is 3.24. The van der Waals surface area contributed by atoms with Crippen LogP contribution in [-0.4, -0.2) is 12.7 Å². The van der Waals surface area contributed by atoms with E-state index in [0.717, 1.165) is 13.0 Å². The molecular formula is C22H44O. The lowest BCUT2D eigenvalue weighted by atomic mass is 10.1. The Kier molecular flexibility index (Phi) is 19.5. The molecule has 0 aliphatic rings. The summed E-state index contributed by atoms with van der Waals surface area (Å²) in [5, 5.41) is 0. The first-order valence-electron chi connectivity index (χ1n) is 10.6. The van der Waals surface area contributed by atoms with Crippen molar-refractivity contribution in [2.75, 3.05) is 6.61 Å². The van der Waals surface area contributed by atoms with Crippen LogP contribution in [0.3, 0.4) is 0 Å². The van der Waals surface area contributed by atoms with E-state index in [2.05, 4.69) is 32.9 Å². The normalized spacial score (nSPS) is 13.0. The standard InChI is InChI=1S/C22H44O/c1-4-7-8-9-10-11-12-13-14-15-16-17-18-19-20-22(6-3)23-21-5-2/h13-14,22H,4-12,15-21H2,1-3H3. The highest BCUT2D eigenvalue weighted by atomic mass is 16.5. The molecule has 0 aromatic carbocycles. The first kappa shape index (κ1) is 22.7. The van der Waals surface area contributed by atoms with Gasteiger partial charge in [0.2, 0.25) is 0 Å². The van der Waals surface area contributed by atoms with E-state index in [-0.39, 0.29) is 0 Å². The van der Waals surface area contributed by atoms with Crippen molar-refractivity contribution in [3.05, 3.63) is 12.2 Å². The molecule has 1 nitrogen and oxygen atoms in total. The number of hydrogen-bond donors (Lipinski definition) is 0. The third kappa shape index (κ3) is 17.9. The Labute approximate surface area is 147 Å². The second kappa shape index (κ2) is 19.7. The van der Waals surface area contributed by atoms with E-state index in [1.54, 1.807) is 0 Å². The van der Waals surface area contributed by atoms with E-state index in [9.17, 15) is 0 Å². The maximum atomic E-state index is 5.84. The Hall–Kier alpha value is -0.300. The van der Waals surface area contributed by atoms with E-state index in [1.165, 1.54) is 89.9 Å². The van der Waals surface area contributed by atoms with Gasteiger partial charge in [0.15, 0.2) is 0 Å². The highest BCUT2D eigenvalue weighted by Gasteiger charge is 2.04. The topological polar surface area (TPSA) is 9.23 Å². The average Bonchev–Trinajstić information content (AvgIpc) is 2.57. The van der Waals surface area contributed by atoms with E-state index in [1.807, 2.05) is 0 Å². The molecule has 0 aliphatic heterocycles. The summed E-state index contributed by atoms with van der Waals surface area (Å²) in [5.41, 5.74) is 0. The first-order valence-corrected chi connectivity index (χ1v) is 10.6. The van der Waals surface area contributed by atoms with Gasteiger partial charge in [-0.1, -0.05) is 84.3 Å². The summed E-state index contributed by atoms with van der Waals surface area (Å²) < 4.78 is 5.84. The fourth-order valence-electron chi connectivity index (χ4n) is 2.96. The molecule has 0 aliphatic carbocycles. The minimum Gasteiger partial charge on any atom is -0.378 e. The molecule has 0 N–H and O–H groups in total. The second-order valence-corrected chi connectivity index (χ2v) is 6.92. The maximum Gasteiger partial charge on any atom is 0.0572 e. The van der Waals surface area contributed by atoms with E-state index in [0.29, 0.717) is 6.10 Å². The summed E-state index contributed by atoms with van der Waals surface area (Å²) in [6.45, 7) is 7.65. The molecule has 1 unspecified atom stereocenters. The van der Waals surface area contributed by atoms with Gasteiger partial charge in [-0.3, -0.25) is 0 Å². The van der Waals surface area contributed by atoms with Gasteiger partial charge in [-0.15, -0.1) is 0 Å². The summed E-state index contributed by atoms with van der Waals surface area (Å²) in [5.74, 6) is 0. The summed E-state index contributed by atoms with van der Waals surface area (Å²) in [4.78, 5) is 0. The molecule has 0 heterocycles. The van der Waals surface area contributed by atoms with Crippen molar-refractivity contribution >= 4 is 0 Å². The molecule has 0 spiro atoms. The van der Waals surface area contributed by atoms with Crippen LogP contribution in [0, 0.1) is 0 Å². The summed E-state index contributed by atoms with van der Waals surface area (Å²) in [7, 11) is 0. The zero-order valence-corrected chi connectivity index (χ0v) is 16.5. The van der Waals surface area contributed by atoms with Crippen LogP contribution in [0.15, 0.2) is 12.2 Å². The molecule has 0 aromatic heterocycles. The van der Waals surface area contributed by atoms with Gasteiger partial charge in [-0.2, -0.15) is 0 Å². The van der Waals surface area contributed by atoms with Crippen molar-refractivity contribution in [2.24, 2.45) is 0 Å². The molecule has 1 atom stereocenters. The van der Waals surface area contributed by atoms with E-state index < -0.39 is 0 Å². The molecule has 1 heteroatoms. The zero-order chi connectivity index (χ0) is 17.0. The van der Waals surface area contributed by atoms with Crippen LogP contribution in [-0.2, 0) is 4.74 Å². The summed E-state index contributed by atoms with van der Waals surface area (Å²) >= 11 is 0. The molecule has 0 fully saturated rings. The first-order chi connectivity index (χ1) is 11.3. The molecule has 0 rings (SSSR count). The fourth-order valence-corrected chi connectivity index (χ4v) is 2.96. The lowest BCUT2D eigenvalue weighted by molar-refractivity contribution is 0.0436. The van der Waals surface area contributed by atoms with Crippen molar-refractivity contribution in [1.29, 1.82) is 0 Å². The third-order valence-electron chi connectivity index (χ3n) is 4.55. The Morgan fingerprint density at radius 2 is 1.22 bits per heavy atom. The van der Waals surface area contributed by atoms with Gasteiger partial charge >= 0.3 is 0 Å². The van der Waals surface area contributed by atoms with Gasteiger partial charge in [0.25, 0.3) is 0 Å². The Morgan fingerprint density at radius 3 is 1.78 bits per heavy atom. The molecule has 0 amide bonds. The van der Waals surface area contributed by atoms with E-state index in [4.69, 9.17) is 4.74 Å². The predicted octanol–water partition coefficient (Wildman–Crippen LogP) is 7.84. The van der Waals surface area contributed by atoms with Crippen molar-refractivity contribution in [1.82, 2.24) is 0 Å². The minimum absolute atomic E-state index is 0.507. The lowest BCUT2D eigenvalue weighted by Crippen LogP contribution is -2.12. The van der Waals surface area contributed by atoms with Crippen molar-refractivity contribution in [2.45, 2.75) is 123 Å². The van der Waals surface area contributed by atoms with Gasteiger partial charge in [-0.05, 0) is 44.9 Å². The highest BCUT2D eigenvalue weighted by Crippen LogP contribution is 2.13. The maximum absolute atomic E-state index is 5.84. The summed E-state index contributed by atoms with van der Waals surface area (Å²) in [6, 6.07) is 0. The van der Waals surface area contributed by atoms with Crippen LogP contribution in [0.5, 0.6) is 0 Å². The fraction of sp³-hybridized carbons (Fsp3) is 0.909. The smallest absolute Gasteiger partial charge is 0.0572 e. The van der Waals surface area contributed by atoms with Crippen LogP contribution in [0.4, 0.5) is 0 Å². The third-order valence-corrected chi connectivity index (χ3v) is 4.55.